The molecule has 0 N–H and O–H groups in total. The van der Waals surface area contributed by atoms with Crippen LogP contribution in [0.15, 0.2) is 24.7 Å². The third-order valence-electron chi connectivity index (χ3n) is 5.39. The number of amides is 1. The van der Waals surface area contributed by atoms with Crippen LogP contribution in [0.1, 0.15) is 48.8 Å². The summed E-state index contributed by atoms with van der Waals surface area (Å²) in [5, 5.41) is 4.13. The predicted octanol–water partition coefficient (Wildman–Crippen LogP) is 1.83. The number of piperidine rings is 2. The first-order valence-electron chi connectivity index (χ1n) is 8.92. The van der Waals surface area contributed by atoms with E-state index < -0.39 is 0 Å². The smallest absolute Gasteiger partial charge is 0.272 e. The van der Waals surface area contributed by atoms with Crippen molar-refractivity contribution < 1.29 is 4.79 Å². The molecule has 7 nitrogen and oxygen atoms in total. The van der Waals surface area contributed by atoms with Gasteiger partial charge >= 0.3 is 0 Å². The normalized spacial score (nSPS) is 22.7. The molecule has 2 aromatic heterocycles. The van der Waals surface area contributed by atoms with Crippen LogP contribution in [0, 0.1) is 0 Å². The summed E-state index contributed by atoms with van der Waals surface area (Å²) in [5.41, 5.74) is 1.72. The molecule has 0 radical (unpaired) electrons. The molecule has 2 atom stereocenters. The van der Waals surface area contributed by atoms with E-state index in [4.69, 9.17) is 0 Å². The second-order valence-electron chi connectivity index (χ2n) is 7.29. The molecule has 3 saturated heterocycles. The van der Waals surface area contributed by atoms with Gasteiger partial charge in [0.15, 0.2) is 0 Å². The van der Waals surface area contributed by atoms with Crippen molar-refractivity contribution in [3.05, 3.63) is 36.0 Å². The summed E-state index contributed by atoms with van der Waals surface area (Å²) >= 11 is 0. The second-order valence-corrected chi connectivity index (χ2v) is 7.29. The monoisotopic (exact) mass is 340 g/mol. The van der Waals surface area contributed by atoms with Crippen molar-refractivity contribution in [1.82, 2.24) is 24.6 Å². The summed E-state index contributed by atoms with van der Waals surface area (Å²) in [4.78, 5) is 26.1. The van der Waals surface area contributed by atoms with E-state index in [1.54, 1.807) is 23.3 Å². The number of nitrogens with zero attached hydrogens (tertiary/aromatic N) is 6. The molecule has 3 aliphatic rings. The highest BCUT2D eigenvalue weighted by Crippen LogP contribution is 2.33. The van der Waals surface area contributed by atoms with Crippen molar-refractivity contribution >= 4 is 11.7 Å². The molecule has 2 bridgehead atoms. The topological polar surface area (TPSA) is 67.2 Å². The Kier molecular flexibility index (Phi) is 3.94. The van der Waals surface area contributed by atoms with Crippen molar-refractivity contribution in [2.75, 3.05) is 18.0 Å². The first-order valence-corrected chi connectivity index (χ1v) is 8.92. The largest absolute Gasteiger partial charge is 0.350 e. The van der Waals surface area contributed by atoms with Gasteiger partial charge in [0.25, 0.3) is 5.91 Å². The molecule has 25 heavy (non-hydrogen) atoms. The van der Waals surface area contributed by atoms with E-state index in [-0.39, 0.29) is 11.9 Å². The van der Waals surface area contributed by atoms with E-state index in [1.165, 1.54) is 0 Å². The number of aromatic nitrogens is 4. The van der Waals surface area contributed by atoms with Gasteiger partial charge in [0.1, 0.15) is 17.8 Å². The second kappa shape index (κ2) is 6.13. The Morgan fingerprint density at radius 1 is 1.20 bits per heavy atom. The number of piperazine rings is 1. The fourth-order valence-electron chi connectivity index (χ4n) is 3.92. The standard InChI is InChI=1S/C18H24N6O/c1-12(2)15-8-17(20-11-19-15)23-9-14-5-4-13(23)10-24(14)18(25)16-6-7-21-22(16)3/h6-8,11-14H,4-5,9-10H2,1-3H3. The molecular weight excluding hydrogens is 316 g/mol. The maximum atomic E-state index is 12.9. The van der Waals surface area contributed by atoms with E-state index in [0.29, 0.717) is 17.7 Å². The first-order chi connectivity index (χ1) is 12.0. The minimum atomic E-state index is 0.0832. The van der Waals surface area contributed by atoms with Gasteiger partial charge in [-0.2, -0.15) is 5.10 Å². The molecule has 0 aromatic carbocycles. The summed E-state index contributed by atoms with van der Waals surface area (Å²) in [7, 11) is 1.82. The molecule has 7 heteroatoms. The number of anilines is 1. The fraction of sp³-hybridized carbons (Fsp3) is 0.556. The van der Waals surface area contributed by atoms with Gasteiger partial charge in [0.2, 0.25) is 0 Å². The van der Waals surface area contributed by atoms with Gasteiger partial charge < -0.3 is 9.80 Å². The summed E-state index contributed by atoms with van der Waals surface area (Å²) in [5.74, 6) is 1.45. The molecule has 0 spiro atoms. The Labute approximate surface area is 147 Å². The third-order valence-corrected chi connectivity index (χ3v) is 5.39. The zero-order valence-corrected chi connectivity index (χ0v) is 15.0. The number of hydrogen-bond acceptors (Lipinski definition) is 5. The molecule has 0 saturated carbocycles. The van der Waals surface area contributed by atoms with Crippen LogP contribution in [-0.4, -0.2) is 55.7 Å². The lowest BCUT2D eigenvalue weighted by Gasteiger charge is -2.51. The molecule has 1 amide bonds. The molecule has 3 aliphatic heterocycles. The highest BCUT2D eigenvalue weighted by Gasteiger charge is 2.42. The maximum Gasteiger partial charge on any atom is 0.272 e. The Morgan fingerprint density at radius 3 is 2.64 bits per heavy atom. The molecule has 132 valence electrons. The Bertz CT molecular complexity index is 785. The highest BCUT2D eigenvalue weighted by molar-refractivity contribution is 5.93. The van der Waals surface area contributed by atoms with Crippen LogP contribution >= 0.6 is 0 Å². The van der Waals surface area contributed by atoms with E-state index in [9.17, 15) is 4.79 Å². The van der Waals surface area contributed by atoms with Gasteiger partial charge in [-0.3, -0.25) is 9.48 Å². The lowest BCUT2D eigenvalue weighted by Crippen LogP contribution is -2.64. The van der Waals surface area contributed by atoms with Crippen LogP contribution in [0.25, 0.3) is 0 Å². The zero-order chi connectivity index (χ0) is 17.6. The molecule has 5 heterocycles. The number of rotatable bonds is 3. The van der Waals surface area contributed by atoms with Crippen molar-refractivity contribution in [3.8, 4) is 0 Å². The lowest BCUT2D eigenvalue weighted by atomic mass is 9.90. The van der Waals surface area contributed by atoms with Crippen LogP contribution in [0.3, 0.4) is 0 Å². The zero-order valence-electron chi connectivity index (χ0n) is 15.0. The van der Waals surface area contributed by atoms with E-state index in [2.05, 4.69) is 39.9 Å². The molecule has 0 aliphatic carbocycles. The van der Waals surface area contributed by atoms with Gasteiger partial charge in [0, 0.05) is 50.2 Å². The molecule has 5 rings (SSSR count). The minimum Gasteiger partial charge on any atom is -0.350 e. The fourth-order valence-corrected chi connectivity index (χ4v) is 3.92. The number of aryl methyl sites for hydroxylation is 1. The average molecular weight is 340 g/mol. The van der Waals surface area contributed by atoms with Crippen LogP contribution < -0.4 is 4.90 Å². The number of carbonyl (C=O) groups is 1. The summed E-state index contributed by atoms with van der Waals surface area (Å²) in [6.07, 6.45) is 5.48. The number of carbonyl (C=O) groups excluding carboxylic acids is 1. The summed E-state index contributed by atoms with van der Waals surface area (Å²) in [6, 6.07) is 4.43. The van der Waals surface area contributed by atoms with Crippen molar-refractivity contribution in [1.29, 1.82) is 0 Å². The van der Waals surface area contributed by atoms with Gasteiger partial charge in [-0.15, -0.1) is 0 Å². The van der Waals surface area contributed by atoms with E-state index in [1.807, 2.05) is 11.9 Å². The summed E-state index contributed by atoms with van der Waals surface area (Å²) in [6.45, 7) is 5.87. The highest BCUT2D eigenvalue weighted by atomic mass is 16.2. The first kappa shape index (κ1) is 16.1. The van der Waals surface area contributed by atoms with Crippen LogP contribution in [0.2, 0.25) is 0 Å². The summed E-state index contributed by atoms with van der Waals surface area (Å²) < 4.78 is 1.65. The van der Waals surface area contributed by atoms with Gasteiger partial charge in [0.05, 0.1) is 0 Å². The van der Waals surface area contributed by atoms with Crippen LogP contribution in [0.4, 0.5) is 5.82 Å². The molecule has 2 unspecified atom stereocenters. The lowest BCUT2D eigenvalue weighted by molar-refractivity contribution is 0.0493. The van der Waals surface area contributed by atoms with Crippen LogP contribution in [-0.2, 0) is 7.05 Å². The van der Waals surface area contributed by atoms with Crippen LogP contribution in [0.5, 0.6) is 0 Å². The SMILES string of the molecule is CC(C)c1cc(N2CC3CCC2CN3C(=O)c2ccnn2C)ncn1. The maximum absolute atomic E-state index is 12.9. The third kappa shape index (κ3) is 2.77. The quantitative estimate of drug-likeness (QED) is 0.853. The molecule has 3 fully saturated rings. The molecular formula is C18H24N6O. The predicted molar refractivity (Wildman–Crippen MR) is 94.5 cm³/mol. The minimum absolute atomic E-state index is 0.0832. The van der Waals surface area contributed by atoms with Gasteiger partial charge in [-0.1, -0.05) is 13.8 Å². The van der Waals surface area contributed by atoms with Crippen molar-refractivity contribution in [2.24, 2.45) is 7.05 Å². The van der Waals surface area contributed by atoms with E-state index >= 15 is 0 Å². The Hall–Kier alpha value is -2.44. The number of hydrogen-bond donors (Lipinski definition) is 0. The van der Waals surface area contributed by atoms with Crippen molar-refractivity contribution in [2.45, 2.75) is 44.7 Å². The van der Waals surface area contributed by atoms with Gasteiger partial charge in [-0.05, 0) is 24.8 Å². The Balaban J connectivity index is 1.55. The Morgan fingerprint density at radius 2 is 2.00 bits per heavy atom. The van der Waals surface area contributed by atoms with Crippen molar-refractivity contribution in [3.63, 3.8) is 0 Å². The van der Waals surface area contributed by atoms with Gasteiger partial charge in [-0.25, -0.2) is 9.97 Å². The molecule has 2 aromatic rings. The average Bonchev–Trinajstić information content (AvgIpc) is 3.07. The van der Waals surface area contributed by atoms with E-state index in [0.717, 1.165) is 37.4 Å². The number of fused-ring (bicyclic) bond motifs is 3.